The van der Waals surface area contributed by atoms with Crippen LogP contribution in [-0.4, -0.2) is 82.3 Å². The molecule has 1 fully saturated rings. The zero-order chi connectivity index (χ0) is 29.8. The number of methoxy groups -OCH3 is 1. The van der Waals surface area contributed by atoms with Crippen molar-refractivity contribution < 1.29 is 44.0 Å². The Kier molecular flexibility index (Phi) is 7.31. The quantitative estimate of drug-likeness (QED) is 0.234. The molecule has 0 unspecified atom stereocenters. The summed E-state index contributed by atoms with van der Waals surface area (Å²) in [4.78, 5) is 40.9. The molecule has 1 saturated carbocycles. The largest absolute Gasteiger partial charge is 0.508 e. The predicted molar refractivity (Wildman–Crippen MR) is 147 cm³/mol. The lowest BCUT2D eigenvalue weighted by Crippen LogP contribution is -2.65. The number of carbonyl (C=O) groups is 3. The Bertz CT molecular complexity index is 1500. The number of likely N-dealkylation sites (N-methyl/N-ethyl adjacent to an activating group) is 1. The predicted octanol–water partition coefficient (Wildman–Crippen LogP) is 2.19. The number of aliphatic hydroxyl groups is 3. The van der Waals surface area contributed by atoms with E-state index in [1.54, 1.807) is 33.5 Å². The Morgan fingerprint density at radius 3 is 2.56 bits per heavy atom. The molecule has 218 valence electrons. The van der Waals surface area contributed by atoms with Gasteiger partial charge in [0.15, 0.2) is 11.4 Å². The fourth-order valence-electron chi connectivity index (χ4n) is 6.79. The molecular weight excluding hydrogens is 532 g/mol. The van der Waals surface area contributed by atoms with Crippen LogP contribution in [0.5, 0.6) is 5.75 Å². The summed E-state index contributed by atoms with van der Waals surface area (Å²) in [6, 6.07) is 3.83. The number of nitrogens with two attached hydrogens (primary N) is 1. The van der Waals surface area contributed by atoms with Crippen LogP contribution < -0.4 is 5.73 Å². The maximum atomic E-state index is 14.0. The number of aromatic hydroxyl groups is 1. The molecule has 6 N–H and O–H groups in total. The number of hydrogen-bond donors (Lipinski definition) is 5. The van der Waals surface area contributed by atoms with Crippen LogP contribution in [0.4, 0.5) is 0 Å². The Morgan fingerprint density at radius 2 is 1.90 bits per heavy atom. The van der Waals surface area contributed by atoms with E-state index in [4.69, 9.17) is 14.9 Å². The van der Waals surface area contributed by atoms with Crippen LogP contribution in [0.25, 0.3) is 17.1 Å². The summed E-state index contributed by atoms with van der Waals surface area (Å²) in [6.45, 7) is 0.634. The molecule has 1 aromatic heterocycles. The van der Waals surface area contributed by atoms with Crippen LogP contribution in [-0.2, 0) is 32.0 Å². The van der Waals surface area contributed by atoms with Crippen molar-refractivity contribution in [3.63, 3.8) is 0 Å². The molecule has 4 atom stereocenters. The Morgan fingerprint density at radius 1 is 1.17 bits per heavy atom. The number of fused-ring (bicyclic) bond motifs is 3. The third kappa shape index (κ3) is 4.27. The number of benzene rings is 1. The van der Waals surface area contributed by atoms with Gasteiger partial charge in [-0.15, -0.1) is 0 Å². The molecule has 0 bridgehead atoms. The Balaban J connectivity index is 1.65. The summed E-state index contributed by atoms with van der Waals surface area (Å²) in [5, 5.41) is 45.0. The van der Waals surface area contributed by atoms with E-state index in [-0.39, 0.29) is 29.7 Å². The number of amides is 1. The van der Waals surface area contributed by atoms with Gasteiger partial charge in [-0.1, -0.05) is 0 Å². The number of ether oxygens (including phenoxy) is 1. The number of nitrogens with zero attached hydrogens (tertiary/aromatic N) is 1. The van der Waals surface area contributed by atoms with Crippen molar-refractivity contribution in [1.29, 1.82) is 0 Å². The van der Waals surface area contributed by atoms with Gasteiger partial charge in [0.05, 0.1) is 17.9 Å². The first-order chi connectivity index (χ1) is 19.4. The van der Waals surface area contributed by atoms with Gasteiger partial charge in [-0.25, -0.2) is 0 Å². The number of furan rings is 1. The number of phenols is 1. The molecule has 0 radical (unpaired) electrons. The minimum absolute atomic E-state index is 0.0168. The normalized spacial score (nSPS) is 25.8. The van der Waals surface area contributed by atoms with Gasteiger partial charge in [0, 0.05) is 30.8 Å². The van der Waals surface area contributed by atoms with Gasteiger partial charge in [-0.05, 0) is 81.4 Å². The number of ketones is 2. The summed E-state index contributed by atoms with van der Waals surface area (Å²) >= 11 is 0. The number of rotatable bonds is 8. The zero-order valence-corrected chi connectivity index (χ0v) is 23.1. The second-order valence-corrected chi connectivity index (χ2v) is 11.2. The van der Waals surface area contributed by atoms with Gasteiger partial charge in [0.1, 0.15) is 28.6 Å². The van der Waals surface area contributed by atoms with Gasteiger partial charge in [0.2, 0.25) is 5.78 Å². The number of carbonyl (C=O) groups excluding carboxylic acids is 3. The van der Waals surface area contributed by atoms with Gasteiger partial charge in [-0.3, -0.25) is 19.3 Å². The number of aliphatic hydroxyl groups excluding tert-OH is 2. The maximum absolute atomic E-state index is 14.0. The summed E-state index contributed by atoms with van der Waals surface area (Å²) in [5.41, 5.74) is 3.84. The van der Waals surface area contributed by atoms with Crippen LogP contribution in [0.15, 0.2) is 45.8 Å². The molecule has 1 aromatic carbocycles. The van der Waals surface area contributed by atoms with Crippen molar-refractivity contribution in [3.05, 3.63) is 58.1 Å². The molecule has 0 saturated heterocycles. The van der Waals surface area contributed by atoms with Gasteiger partial charge < -0.3 is 35.3 Å². The highest BCUT2D eigenvalue weighted by Gasteiger charge is 2.64. The molecule has 3 aliphatic rings. The van der Waals surface area contributed by atoms with Gasteiger partial charge in [0.25, 0.3) is 5.91 Å². The highest BCUT2D eigenvalue weighted by atomic mass is 16.5. The Hall–Kier alpha value is -3.93. The second kappa shape index (κ2) is 10.5. The summed E-state index contributed by atoms with van der Waals surface area (Å²) < 4.78 is 11.0. The summed E-state index contributed by atoms with van der Waals surface area (Å²) in [5.74, 6) is -6.24. The minimum Gasteiger partial charge on any atom is -0.508 e. The lowest BCUT2D eigenvalue weighted by Gasteiger charge is -2.50. The van der Waals surface area contributed by atoms with Crippen LogP contribution in [0, 0.1) is 11.8 Å². The molecule has 2 aromatic rings. The highest BCUT2D eigenvalue weighted by molar-refractivity contribution is 6.24. The number of Topliss-reactive ketones (excluding diaryl/α,β-unsaturated/α-hetero) is 2. The van der Waals surface area contributed by atoms with Crippen LogP contribution >= 0.6 is 0 Å². The van der Waals surface area contributed by atoms with E-state index in [2.05, 4.69) is 0 Å². The first kappa shape index (κ1) is 28.6. The lowest BCUT2D eigenvalue weighted by atomic mass is 9.57. The second-order valence-electron chi connectivity index (χ2n) is 11.2. The average molecular weight is 567 g/mol. The van der Waals surface area contributed by atoms with Crippen molar-refractivity contribution in [1.82, 2.24) is 4.90 Å². The molecule has 0 aliphatic heterocycles. The zero-order valence-electron chi connectivity index (χ0n) is 23.1. The average Bonchev–Trinajstić information content (AvgIpc) is 3.36. The van der Waals surface area contributed by atoms with E-state index in [1.165, 1.54) is 11.0 Å². The number of primary amides is 1. The number of aryl methyl sites for hydroxylation is 1. The minimum atomic E-state index is -2.67. The molecule has 11 nitrogen and oxygen atoms in total. The fourth-order valence-corrected chi connectivity index (χ4v) is 6.79. The van der Waals surface area contributed by atoms with Crippen molar-refractivity contribution in [3.8, 4) is 17.1 Å². The van der Waals surface area contributed by atoms with Crippen molar-refractivity contribution in [2.45, 2.75) is 43.7 Å². The van der Waals surface area contributed by atoms with Crippen molar-refractivity contribution >= 4 is 23.2 Å². The molecule has 5 rings (SSSR count). The third-order valence-electron chi connectivity index (χ3n) is 8.64. The lowest BCUT2D eigenvalue weighted by molar-refractivity contribution is -0.153. The first-order valence-electron chi connectivity index (χ1n) is 13.5. The third-order valence-corrected chi connectivity index (χ3v) is 8.64. The molecule has 1 amide bonds. The molecule has 1 heterocycles. The van der Waals surface area contributed by atoms with E-state index in [9.17, 15) is 34.8 Å². The first-order valence-corrected chi connectivity index (χ1v) is 13.5. The van der Waals surface area contributed by atoms with Crippen molar-refractivity contribution in [2.24, 2.45) is 17.6 Å². The van der Waals surface area contributed by atoms with E-state index < -0.39 is 58.0 Å². The monoisotopic (exact) mass is 566 g/mol. The fraction of sp³-hybridized carbons (Fsp3) is 0.433. The van der Waals surface area contributed by atoms with E-state index in [0.29, 0.717) is 23.5 Å². The topological polar surface area (TPSA) is 184 Å². The molecule has 3 aliphatic carbocycles. The van der Waals surface area contributed by atoms with Crippen LogP contribution in [0.3, 0.4) is 0 Å². The van der Waals surface area contributed by atoms with E-state index in [0.717, 1.165) is 24.8 Å². The molecule has 0 spiro atoms. The molecule has 41 heavy (non-hydrogen) atoms. The van der Waals surface area contributed by atoms with E-state index in [1.807, 2.05) is 6.07 Å². The van der Waals surface area contributed by atoms with Crippen LogP contribution in [0.1, 0.15) is 36.0 Å². The van der Waals surface area contributed by atoms with Gasteiger partial charge >= 0.3 is 0 Å². The number of unbranched alkanes of at least 4 members (excludes halogenated alkanes) is 1. The van der Waals surface area contributed by atoms with E-state index >= 15 is 0 Å². The SMILES string of the molecule is COCCCCc1ccoc1-c1ccc(O)c2c1C[C@H]1C[C@H]3[C@H](N(C)C)C(=O)C(C(N)=O)=C(O)[C@@]3(O)C(=O)C1=C2O. The molecule has 11 heteroatoms. The van der Waals surface area contributed by atoms with Crippen molar-refractivity contribution in [2.75, 3.05) is 27.8 Å². The highest BCUT2D eigenvalue weighted by Crippen LogP contribution is 2.53. The maximum Gasteiger partial charge on any atom is 0.255 e. The Labute approximate surface area is 236 Å². The number of hydrogen-bond acceptors (Lipinski definition) is 10. The summed E-state index contributed by atoms with van der Waals surface area (Å²) in [7, 11) is 4.78. The smallest absolute Gasteiger partial charge is 0.255 e. The molecular formula is C30H34N2O9. The van der Waals surface area contributed by atoms with Crippen LogP contribution in [0.2, 0.25) is 0 Å². The summed E-state index contributed by atoms with van der Waals surface area (Å²) in [6.07, 6.45) is 4.22. The van der Waals surface area contributed by atoms with Gasteiger partial charge in [-0.2, -0.15) is 0 Å². The number of phenolic OH excluding ortho intramolecular Hbond substituents is 1. The standard InChI is InChI=1S/C30H34N2O9/c1-32(2)23-18-13-15-12-17-16(26-14(9-11-41-26)6-4-5-10-40-3)7-8-19(33)21(17)24(34)20(15)27(36)30(18,39)28(37)22(25(23)35)29(31)38/h7-9,11,15,18,23,33-34,37,39H,4-6,10,12-13H2,1-3H3,(H2,31,38)/t15-,18-,23-,30-/m0/s1.